The Morgan fingerprint density at radius 3 is 2.71 bits per heavy atom. The van der Waals surface area contributed by atoms with Crippen LogP contribution in [0.4, 0.5) is 10.1 Å². The number of halogens is 1. The summed E-state index contributed by atoms with van der Waals surface area (Å²) in [6.07, 6.45) is 4.82. The number of nitrogens with one attached hydrogen (secondary N) is 1. The topological polar surface area (TPSA) is 49.4 Å². The van der Waals surface area contributed by atoms with Gasteiger partial charge in [-0.25, -0.2) is 4.39 Å². The molecule has 6 heteroatoms. The van der Waals surface area contributed by atoms with E-state index in [0.29, 0.717) is 28.0 Å². The number of amides is 2. The van der Waals surface area contributed by atoms with Gasteiger partial charge in [0.15, 0.2) is 0 Å². The van der Waals surface area contributed by atoms with Crippen LogP contribution in [0.5, 0.6) is 0 Å². The highest BCUT2D eigenvalue weighted by Crippen LogP contribution is 2.42. The van der Waals surface area contributed by atoms with Crippen molar-refractivity contribution in [3.8, 4) is 0 Å². The van der Waals surface area contributed by atoms with Crippen LogP contribution in [0, 0.1) is 17.7 Å². The first kappa shape index (κ1) is 21.6. The Balaban J connectivity index is 1.58. The molecule has 4 nitrogen and oxygen atoms in total. The Labute approximate surface area is 186 Å². The summed E-state index contributed by atoms with van der Waals surface area (Å²) in [6, 6.07) is 14.0. The molecule has 0 bridgehead atoms. The van der Waals surface area contributed by atoms with E-state index in [1.807, 2.05) is 24.3 Å². The molecule has 2 aromatic rings. The molecule has 0 aromatic heterocycles. The van der Waals surface area contributed by atoms with E-state index in [9.17, 15) is 14.0 Å². The summed E-state index contributed by atoms with van der Waals surface area (Å²) in [4.78, 5) is 29.0. The van der Waals surface area contributed by atoms with Crippen molar-refractivity contribution in [2.24, 2.45) is 11.8 Å². The summed E-state index contributed by atoms with van der Waals surface area (Å²) in [5, 5.41) is 3.15. The Hall–Kier alpha value is -2.60. The number of hydrogen-bond acceptors (Lipinski definition) is 3. The van der Waals surface area contributed by atoms with Crippen LogP contribution < -0.4 is 10.2 Å². The summed E-state index contributed by atoms with van der Waals surface area (Å²) in [6.45, 7) is 4.36. The first-order valence-corrected chi connectivity index (χ1v) is 11.6. The van der Waals surface area contributed by atoms with Crippen LogP contribution in [-0.4, -0.2) is 24.4 Å². The van der Waals surface area contributed by atoms with Crippen molar-refractivity contribution in [3.63, 3.8) is 0 Å². The molecule has 1 heterocycles. The molecule has 2 aromatic carbocycles. The third-order valence-electron chi connectivity index (χ3n) is 6.38. The van der Waals surface area contributed by atoms with Crippen LogP contribution in [0.15, 0.2) is 58.3 Å². The fourth-order valence-electron chi connectivity index (χ4n) is 4.33. The van der Waals surface area contributed by atoms with E-state index < -0.39 is 0 Å². The minimum Gasteiger partial charge on any atom is -0.352 e. The molecule has 0 spiro atoms. The van der Waals surface area contributed by atoms with Crippen molar-refractivity contribution in [1.82, 2.24) is 5.32 Å². The summed E-state index contributed by atoms with van der Waals surface area (Å²) in [7, 11) is 0. The number of para-hydroxylation sites is 1. The minimum absolute atomic E-state index is 0.0530. The Morgan fingerprint density at radius 1 is 1.16 bits per heavy atom. The highest BCUT2D eigenvalue weighted by molar-refractivity contribution is 8.04. The average molecular weight is 439 g/mol. The average Bonchev–Trinajstić information content (AvgIpc) is 2.76. The van der Waals surface area contributed by atoms with Gasteiger partial charge in [-0.3, -0.25) is 14.5 Å². The van der Waals surface area contributed by atoms with Gasteiger partial charge >= 0.3 is 0 Å². The van der Waals surface area contributed by atoms with Crippen LogP contribution in [0.3, 0.4) is 0 Å². The number of carbonyl (C=O) groups is 2. The normalized spacial score (nSPS) is 24.7. The Kier molecular flexibility index (Phi) is 6.46. The zero-order chi connectivity index (χ0) is 22.0. The third-order valence-corrected chi connectivity index (χ3v) is 7.46. The van der Waals surface area contributed by atoms with Crippen LogP contribution >= 0.6 is 11.8 Å². The van der Waals surface area contributed by atoms with Crippen LogP contribution in [0.1, 0.15) is 38.7 Å². The van der Waals surface area contributed by atoms with Crippen molar-refractivity contribution in [3.05, 3.63) is 64.8 Å². The largest absolute Gasteiger partial charge is 0.352 e. The van der Waals surface area contributed by atoms with Crippen molar-refractivity contribution in [1.29, 1.82) is 0 Å². The molecule has 0 radical (unpaired) electrons. The number of rotatable bonds is 4. The molecule has 2 amide bonds. The van der Waals surface area contributed by atoms with Gasteiger partial charge in [0, 0.05) is 16.5 Å². The van der Waals surface area contributed by atoms with Gasteiger partial charge in [0.05, 0.1) is 10.6 Å². The standard InChI is InChI=1S/C25H27FN2O2S/c1-16-8-7-11-20(17(16)2)27-24(29)15-28-21-12-5-6-13-22(21)31-23(25(28)30)14-18-9-3-4-10-19(18)26/h3-6,9-10,12-14,16-17,20H,7-8,11,15H2,1-2H3,(H,27,29)/b23-14-. The smallest absolute Gasteiger partial charge is 0.265 e. The molecule has 1 aliphatic carbocycles. The lowest BCUT2D eigenvalue weighted by atomic mass is 9.78. The molecule has 1 fully saturated rings. The van der Waals surface area contributed by atoms with Crippen molar-refractivity contribution < 1.29 is 14.0 Å². The molecule has 0 saturated heterocycles. The maximum Gasteiger partial charge on any atom is 0.265 e. The van der Waals surface area contributed by atoms with E-state index in [2.05, 4.69) is 19.2 Å². The lowest BCUT2D eigenvalue weighted by Crippen LogP contribution is -2.49. The number of hydrogen-bond donors (Lipinski definition) is 1. The van der Waals surface area contributed by atoms with E-state index in [0.717, 1.165) is 17.7 Å². The zero-order valence-electron chi connectivity index (χ0n) is 17.8. The molecule has 3 unspecified atom stereocenters. The lowest BCUT2D eigenvalue weighted by Gasteiger charge is -2.35. The maximum absolute atomic E-state index is 14.2. The number of carbonyl (C=O) groups excluding carboxylic acids is 2. The first-order chi connectivity index (χ1) is 14.9. The molecule has 3 atom stereocenters. The van der Waals surface area contributed by atoms with Gasteiger partial charge in [0.25, 0.3) is 5.91 Å². The van der Waals surface area contributed by atoms with E-state index in [1.54, 1.807) is 24.3 Å². The molecule has 1 N–H and O–H groups in total. The Bertz CT molecular complexity index is 1020. The van der Waals surface area contributed by atoms with Crippen molar-refractivity contribution in [2.75, 3.05) is 11.4 Å². The maximum atomic E-state index is 14.2. The number of benzene rings is 2. The molecule has 2 aliphatic rings. The van der Waals surface area contributed by atoms with Gasteiger partial charge in [-0.05, 0) is 42.5 Å². The predicted molar refractivity (Wildman–Crippen MR) is 123 cm³/mol. The summed E-state index contributed by atoms with van der Waals surface area (Å²) in [5.41, 5.74) is 1.07. The summed E-state index contributed by atoms with van der Waals surface area (Å²) in [5.74, 6) is 0.155. The first-order valence-electron chi connectivity index (χ1n) is 10.8. The molecule has 4 rings (SSSR count). The van der Waals surface area contributed by atoms with Crippen LogP contribution in [0.25, 0.3) is 6.08 Å². The van der Waals surface area contributed by atoms with E-state index in [1.165, 1.54) is 29.1 Å². The number of nitrogens with zero attached hydrogens (tertiary/aromatic N) is 1. The van der Waals surface area contributed by atoms with E-state index >= 15 is 0 Å². The number of thioether (sulfide) groups is 1. The molecule has 162 valence electrons. The third kappa shape index (κ3) is 4.69. The zero-order valence-corrected chi connectivity index (χ0v) is 18.6. The van der Waals surface area contributed by atoms with Crippen LogP contribution in [-0.2, 0) is 9.59 Å². The molecular weight excluding hydrogens is 411 g/mol. The van der Waals surface area contributed by atoms with E-state index in [4.69, 9.17) is 0 Å². The predicted octanol–water partition coefficient (Wildman–Crippen LogP) is 5.25. The van der Waals surface area contributed by atoms with Crippen molar-refractivity contribution >= 4 is 35.3 Å². The molecule has 31 heavy (non-hydrogen) atoms. The van der Waals surface area contributed by atoms with Gasteiger partial charge in [-0.2, -0.15) is 0 Å². The fraction of sp³-hybridized carbons (Fsp3) is 0.360. The summed E-state index contributed by atoms with van der Waals surface area (Å²) < 4.78 is 14.2. The molecule has 1 aliphatic heterocycles. The number of anilines is 1. The number of fused-ring (bicyclic) bond motifs is 1. The van der Waals surface area contributed by atoms with Gasteiger partial charge < -0.3 is 5.32 Å². The van der Waals surface area contributed by atoms with E-state index in [-0.39, 0.29) is 30.2 Å². The lowest BCUT2D eigenvalue weighted by molar-refractivity contribution is -0.123. The highest BCUT2D eigenvalue weighted by atomic mass is 32.2. The second kappa shape index (κ2) is 9.27. The SMILES string of the molecule is CC1CCCC(NC(=O)CN2C(=O)/C(=C/c3ccccc3F)Sc3ccccc32)C1C. The van der Waals surface area contributed by atoms with Gasteiger partial charge in [-0.15, -0.1) is 0 Å². The highest BCUT2D eigenvalue weighted by Gasteiger charge is 2.33. The Morgan fingerprint density at radius 2 is 1.90 bits per heavy atom. The van der Waals surface area contributed by atoms with Gasteiger partial charge in [0.1, 0.15) is 12.4 Å². The summed E-state index contributed by atoms with van der Waals surface area (Å²) >= 11 is 1.31. The second-order valence-corrected chi connectivity index (χ2v) is 9.52. The fourth-order valence-corrected chi connectivity index (χ4v) is 5.38. The molecule has 1 saturated carbocycles. The quantitative estimate of drug-likeness (QED) is 0.664. The van der Waals surface area contributed by atoms with Gasteiger partial charge in [0.2, 0.25) is 5.91 Å². The molecular formula is C25H27FN2O2S. The van der Waals surface area contributed by atoms with Crippen LogP contribution in [0.2, 0.25) is 0 Å². The van der Waals surface area contributed by atoms with Crippen molar-refractivity contribution in [2.45, 2.75) is 44.0 Å². The monoisotopic (exact) mass is 438 g/mol. The minimum atomic E-state index is -0.382. The second-order valence-electron chi connectivity index (χ2n) is 8.43. The van der Waals surface area contributed by atoms with Gasteiger partial charge in [-0.1, -0.05) is 68.8 Å².